The van der Waals surface area contributed by atoms with E-state index in [4.69, 9.17) is 52.6 Å². The van der Waals surface area contributed by atoms with Gasteiger partial charge in [-0.15, -0.1) is 0 Å². The van der Waals surface area contributed by atoms with E-state index in [0.29, 0.717) is 0 Å². The van der Waals surface area contributed by atoms with Crippen molar-refractivity contribution in [3.63, 3.8) is 0 Å². The molecule has 0 aliphatic carbocycles. The predicted octanol–water partition coefficient (Wildman–Crippen LogP) is -7.01. The Labute approximate surface area is 121 Å². The molecule has 0 aromatic carbocycles. The van der Waals surface area contributed by atoms with Crippen LogP contribution in [0.3, 0.4) is 0 Å². The molecule has 0 heterocycles. The Bertz CT molecular complexity index is 343. The smallest absolute Gasteiger partial charge is 0.759 e. The SMILES string of the molecule is O=S(=O)([O-])[O-].O=S(=O)([O-])[O-].O=S(=O)([O-])[O-].[Li+].[V+5]. The van der Waals surface area contributed by atoms with Crippen LogP contribution >= 0.6 is 0 Å². The Morgan fingerprint density at radius 2 is 0.471 bits per heavy atom. The van der Waals surface area contributed by atoms with E-state index in [1.165, 1.54) is 0 Å². The van der Waals surface area contributed by atoms with Crippen LogP contribution in [-0.4, -0.2) is 52.6 Å². The molecule has 12 nitrogen and oxygen atoms in total. The van der Waals surface area contributed by atoms with E-state index >= 15 is 0 Å². The van der Waals surface area contributed by atoms with Gasteiger partial charge in [0.2, 0.25) is 0 Å². The summed E-state index contributed by atoms with van der Waals surface area (Å²) in [4.78, 5) is 0. The van der Waals surface area contributed by atoms with Gasteiger partial charge in [-0.3, -0.25) is 25.3 Å². The van der Waals surface area contributed by atoms with Crippen LogP contribution in [0.25, 0.3) is 0 Å². The van der Waals surface area contributed by atoms with E-state index in [1.54, 1.807) is 0 Å². The first-order valence-electron chi connectivity index (χ1n) is 2.00. The van der Waals surface area contributed by atoms with Gasteiger partial charge in [0.05, 0.1) is 0 Å². The minimum atomic E-state index is -5.17. The fourth-order valence-corrected chi connectivity index (χ4v) is 0. The van der Waals surface area contributed by atoms with Gasteiger partial charge in [0.15, 0.2) is 0 Å². The van der Waals surface area contributed by atoms with Gasteiger partial charge in [0, 0.05) is 31.2 Å². The summed E-state index contributed by atoms with van der Waals surface area (Å²) in [7, 11) is -15.5. The molecule has 0 rings (SSSR count). The molecular weight excluding hydrogens is 346 g/mol. The predicted molar refractivity (Wildman–Crippen MR) is 31.4 cm³/mol. The summed E-state index contributed by atoms with van der Waals surface area (Å²) in [6.45, 7) is 0. The van der Waals surface area contributed by atoms with Crippen molar-refractivity contribution in [2.45, 2.75) is 0 Å². The molecule has 0 N–H and O–H groups in total. The Morgan fingerprint density at radius 3 is 0.471 bits per heavy atom. The zero-order valence-corrected chi connectivity index (χ0v) is 11.4. The maximum Gasteiger partial charge on any atom is 5.00 e. The standard InChI is InChI=1S/Li.3H2O4S.V/c;3*1-5(2,3)4;/h;3*(H2,1,2,3,4);/q+1;;;;+5/p-6. The summed E-state index contributed by atoms with van der Waals surface area (Å²) in [5.41, 5.74) is 0. The molecule has 0 aliphatic rings. The quantitative estimate of drug-likeness (QED) is 0.225. The van der Waals surface area contributed by atoms with Crippen LogP contribution in [0.1, 0.15) is 0 Å². The van der Waals surface area contributed by atoms with Crippen LogP contribution < -0.4 is 18.9 Å². The summed E-state index contributed by atoms with van der Waals surface area (Å²) >= 11 is 0. The molecule has 0 fully saturated rings. The van der Waals surface area contributed by atoms with E-state index in [0.717, 1.165) is 0 Å². The van der Waals surface area contributed by atoms with Gasteiger partial charge in [-0.05, 0) is 0 Å². The van der Waals surface area contributed by atoms with Crippen molar-refractivity contribution in [3.05, 3.63) is 0 Å². The van der Waals surface area contributed by atoms with Gasteiger partial charge in [-0.1, -0.05) is 0 Å². The molecule has 0 saturated heterocycles. The van der Waals surface area contributed by atoms with Crippen molar-refractivity contribution >= 4 is 31.2 Å². The first-order valence-corrected chi connectivity index (χ1v) is 6.00. The molecule has 0 saturated carbocycles. The summed E-state index contributed by atoms with van der Waals surface area (Å²) in [6.07, 6.45) is 0. The number of rotatable bonds is 0. The topological polar surface area (TPSA) is 241 Å². The third-order valence-corrected chi connectivity index (χ3v) is 0. The summed E-state index contributed by atoms with van der Waals surface area (Å²) < 4.78 is 102. The Hall–Kier alpha value is 0.792. The second kappa shape index (κ2) is 11.9. The first-order chi connectivity index (χ1) is 6.00. The third kappa shape index (κ3) is 5860. The molecule has 0 spiro atoms. The summed E-state index contributed by atoms with van der Waals surface area (Å²) in [6, 6.07) is 0. The molecule has 0 atom stereocenters. The Balaban J connectivity index is -0.0000000400. The van der Waals surface area contributed by atoms with E-state index in [2.05, 4.69) is 0 Å². The summed E-state index contributed by atoms with van der Waals surface area (Å²) in [5, 5.41) is 0. The van der Waals surface area contributed by atoms with Crippen molar-refractivity contribution in [1.29, 1.82) is 0 Å². The van der Waals surface area contributed by atoms with Gasteiger partial charge in [0.1, 0.15) is 0 Å². The largest absolute Gasteiger partial charge is 5.00 e. The Morgan fingerprint density at radius 1 is 0.471 bits per heavy atom. The van der Waals surface area contributed by atoms with Gasteiger partial charge in [-0.25, -0.2) is 0 Å². The zero-order valence-electron chi connectivity index (χ0n) is 7.57. The van der Waals surface area contributed by atoms with Crippen LogP contribution in [0.5, 0.6) is 0 Å². The number of hydrogen-bond donors (Lipinski definition) is 0. The monoisotopic (exact) mass is 346 g/mol. The molecule has 17 heavy (non-hydrogen) atoms. The molecule has 0 aromatic rings. The van der Waals surface area contributed by atoms with E-state index in [9.17, 15) is 0 Å². The maximum absolute atomic E-state index is 8.52. The maximum atomic E-state index is 8.52. The van der Waals surface area contributed by atoms with E-state index in [1.807, 2.05) is 0 Å². The molecule has 0 amide bonds. The van der Waals surface area contributed by atoms with Gasteiger partial charge in [0.25, 0.3) is 0 Å². The third-order valence-electron chi connectivity index (χ3n) is 0. The van der Waals surface area contributed by atoms with Gasteiger partial charge < -0.3 is 27.3 Å². The van der Waals surface area contributed by atoms with Gasteiger partial charge >= 0.3 is 37.4 Å². The van der Waals surface area contributed by atoms with Crippen molar-refractivity contribution in [3.8, 4) is 0 Å². The van der Waals surface area contributed by atoms with Crippen LogP contribution in [0.2, 0.25) is 0 Å². The second-order valence-corrected chi connectivity index (χ2v) is 3.67. The fourth-order valence-electron chi connectivity index (χ4n) is 0. The van der Waals surface area contributed by atoms with Crippen LogP contribution in [0.4, 0.5) is 0 Å². The molecule has 0 aliphatic heterocycles. The number of hydrogen-bond acceptors (Lipinski definition) is 12. The fraction of sp³-hybridized carbons (Fsp3) is 0. The zero-order chi connectivity index (χ0) is 13.5. The second-order valence-electron chi connectivity index (χ2n) is 1.22. The van der Waals surface area contributed by atoms with Crippen LogP contribution in [0.15, 0.2) is 0 Å². The normalized spacial score (nSPS) is 10.2. The van der Waals surface area contributed by atoms with Crippen molar-refractivity contribution in [1.82, 2.24) is 0 Å². The average Bonchev–Trinajstić information content (AvgIpc) is 1.41. The molecule has 0 bridgehead atoms. The van der Waals surface area contributed by atoms with Crippen molar-refractivity contribution in [2.24, 2.45) is 0 Å². The van der Waals surface area contributed by atoms with E-state index < -0.39 is 31.2 Å². The summed E-state index contributed by atoms with van der Waals surface area (Å²) in [5.74, 6) is 0. The van der Waals surface area contributed by atoms with Crippen LogP contribution in [0, 0.1) is 0 Å². The average molecular weight is 346 g/mol. The van der Waals surface area contributed by atoms with Crippen molar-refractivity contribution < 1.29 is 90.0 Å². The van der Waals surface area contributed by atoms with Crippen molar-refractivity contribution in [2.75, 3.05) is 0 Å². The molecular formula is LiO12S3V. The van der Waals surface area contributed by atoms with Crippen LogP contribution in [-0.2, 0) is 49.8 Å². The molecule has 0 unspecified atom stereocenters. The minimum absolute atomic E-state index is 0. The minimum Gasteiger partial charge on any atom is -0.759 e. The van der Waals surface area contributed by atoms with Gasteiger partial charge in [-0.2, -0.15) is 0 Å². The molecule has 17 heteroatoms. The Kier molecular flexibility index (Phi) is 21.4. The molecule has 0 radical (unpaired) electrons. The first kappa shape index (κ1) is 30.7. The molecule has 96 valence electrons. The van der Waals surface area contributed by atoms with E-state index in [-0.39, 0.29) is 37.4 Å². The molecule has 0 aromatic heterocycles.